The fraction of sp³-hybridized carbons (Fsp3) is 0.929. The van der Waals surface area contributed by atoms with E-state index >= 15 is 0 Å². The highest BCUT2D eigenvalue weighted by Crippen LogP contribution is 2.41. The molecule has 0 heterocycles. The van der Waals surface area contributed by atoms with Crippen LogP contribution in [0.4, 0.5) is 0 Å². The Morgan fingerprint density at radius 2 is 1.12 bits per heavy atom. The third-order valence-electron chi connectivity index (χ3n) is 7.11. The van der Waals surface area contributed by atoms with Gasteiger partial charge in [-0.1, -0.05) is 98.8 Å². The Morgan fingerprint density at radius 1 is 0.688 bits per heavy atom. The molecule has 1 atom stereocenters. The Kier molecular flexibility index (Phi) is 17.8. The molecule has 0 saturated carbocycles. The van der Waals surface area contributed by atoms with Gasteiger partial charge in [0.25, 0.3) is 0 Å². The maximum Gasteiger partial charge on any atom is 0.309 e. The maximum atomic E-state index is 12.4. The van der Waals surface area contributed by atoms with E-state index in [1.807, 2.05) is 0 Å². The summed E-state index contributed by atoms with van der Waals surface area (Å²) in [7, 11) is 0. The molecule has 0 saturated heterocycles. The van der Waals surface area contributed by atoms with Crippen LogP contribution >= 0.6 is 0 Å². The lowest BCUT2D eigenvalue weighted by atomic mass is 9.69. The van der Waals surface area contributed by atoms with Crippen LogP contribution in [0.15, 0.2) is 0 Å². The first kappa shape index (κ1) is 30.9. The lowest BCUT2D eigenvalue weighted by molar-refractivity contribution is -0.152. The number of aliphatic carboxylic acids is 2. The minimum atomic E-state index is -0.684. The minimum absolute atomic E-state index is 0.302. The van der Waals surface area contributed by atoms with Crippen LogP contribution in [-0.2, 0) is 9.59 Å². The van der Waals surface area contributed by atoms with E-state index in [1.165, 1.54) is 38.5 Å². The monoisotopic (exact) mass is 454 g/mol. The highest BCUT2D eigenvalue weighted by Gasteiger charge is 2.39. The van der Waals surface area contributed by atoms with Crippen LogP contribution in [0.1, 0.15) is 144 Å². The molecule has 0 rings (SSSR count). The van der Waals surface area contributed by atoms with Crippen molar-refractivity contribution in [2.45, 2.75) is 144 Å². The normalized spacial score (nSPS) is 13.1. The van der Waals surface area contributed by atoms with Gasteiger partial charge in [0.2, 0.25) is 0 Å². The lowest BCUT2D eigenvalue weighted by Crippen LogP contribution is -2.34. The molecule has 4 heteroatoms. The van der Waals surface area contributed by atoms with Crippen molar-refractivity contribution < 1.29 is 19.8 Å². The van der Waals surface area contributed by atoms with Gasteiger partial charge < -0.3 is 10.2 Å². The van der Waals surface area contributed by atoms with Gasteiger partial charge in [-0.3, -0.25) is 9.59 Å². The summed E-state index contributed by atoms with van der Waals surface area (Å²) in [6, 6.07) is 0. The van der Waals surface area contributed by atoms with Crippen LogP contribution in [0, 0.1) is 23.2 Å². The van der Waals surface area contributed by atoms with Gasteiger partial charge in [0.15, 0.2) is 0 Å². The molecule has 0 fully saturated rings. The first-order chi connectivity index (χ1) is 15.1. The van der Waals surface area contributed by atoms with Crippen molar-refractivity contribution in [3.8, 4) is 0 Å². The molecule has 0 spiro atoms. The molecule has 0 bridgehead atoms. The zero-order valence-electron chi connectivity index (χ0n) is 22.0. The van der Waals surface area contributed by atoms with E-state index in [9.17, 15) is 14.7 Å². The Bertz CT molecular complexity index is 472. The summed E-state index contributed by atoms with van der Waals surface area (Å²) < 4.78 is 0. The first-order valence-corrected chi connectivity index (χ1v) is 13.6. The summed E-state index contributed by atoms with van der Waals surface area (Å²) in [5, 5.41) is 18.9. The van der Waals surface area contributed by atoms with E-state index < -0.39 is 17.4 Å². The molecule has 1 unspecified atom stereocenters. The zero-order valence-corrected chi connectivity index (χ0v) is 22.0. The molecule has 0 aromatic carbocycles. The van der Waals surface area contributed by atoms with E-state index in [4.69, 9.17) is 5.11 Å². The van der Waals surface area contributed by atoms with Crippen molar-refractivity contribution in [2.75, 3.05) is 0 Å². The van der Waals surface area contributed by atoms with Crippen LogP contribution in [0.2, 0.25) is 0 Å². The van der Waals surface area contributed by atoms with Crippen LogP contribution < -0.4 is 0 Å². The van der Waals surface area contributed by atoms with Crippen LogP contribution in [0.5, 0.6) is 0 Å². The number of carboxylic acids is 2. The molecule has 190 valence electrons. The fourth-order valence-corrected chi connectivity index (χ4v) is 4.71. The van der Waals surface area contributed by atoms with E-state index in [2.05, 4.69) is 34.6 Å². The smallest absolute Gasteiger partial charge is 0.309 e. The van der Waals surface area contributed by atoms with Gasteiger partial charge in [0.1, 0.15) is 0 Å². The Labute approximate surface area is 199 Å². The predicted octanol–water partition coefficient (Wildman–Crippen LogP) is 8.72. The van der Waals surface area contributed by atoms with E-state index in [0.29, 0.717) is 24.2 Å². The van der Waals surface area contributed by atoms with Gasteiger partial charge in [-0.05, 0) is 56.3 Å². The second kappa shape index (κ2) is 18.4. The van der Waals surface area contributed by atoms with Crippen molar-refractivity contribution in [2.24, 2.45) is 23.2 Å². The highest BCUT2D eigenvalue weighted by atomic mass is 16.4. The second-order valence-corrected chi connectivity index (χ2v) is 11.0. The van der Waals surface area contributed by atoms with Crippen LogP contribution in [0.25, 0.3) is 0 Å². The molecule has 0 aliphatic heterocycles. The van der Waals surface area contributed by atoms with Gasteiger partial charge in [0, 0.05) is 6.42 Å². The molecular formula is C28H54O4. The Balaban J connectivity index is 4.36. The predicted molar refractivity (Wildman–Crippen MR) is 135 cm³/mol. The minimum Gasteiger partial charge on any atom is -0.481 e. The summed E-state index contributed by atoms with van der Waals surface area (Å²) in [6.45, 7) is 11.0. The lowest BCUT2D eigenvalue weighted by Gasteiger charge is -2.34. The van der Waals surface area contributed by atoms with Gasteiger partial charge in [-0.15, -0.1) is 0 Å². The number of hydrogen-bond donors (Lipinski definition) is 2. The average Bonchev–Trinajstić information content (AvgIpc) is 2.72. The summed E-state index contributed by atoms with van der Waals surface area (Å²) in [6.07, 6.45) is 17.4. The van der Waals surface area contributed by atoms with Gasteiger partial charge in [-0.2, -0.15) is 0 Å². The summed E-state index contributed by atoms with van der Waals surface area (Å²) in [5.41, 5.74) is -0.546. The second-order valence-electron chi connectivity index (χ2n) is 11.0. The summed E-state index contributed by atoms with van der Waals surface area (Å²) in [5.74, 6) is 0.353. The standard InChI is InChI=1S/C28H54O4/c1-6-25(16-14-12-10-8-7-9-11-13-15-17-26(29)30)22-28(27(31)32,20-18-23(2)3)21-19-24(4)5/h23-25H,6-22H2,1-5H3,(H,29,30)(H,31,32). The molecule has 2 N–H and O–H groups in total. The van der Waals surface area contributed by atoms with Crippen molar-refractivity contribution >= 4 is 11.9 Å². The molecule has 32 heavy (non-hydrogen) atoms. The van der Waals surface area contributed by atoms with Crippen molar-refractivity contribution in [3.05, 3.63) is 0 Å². The number of carboxylic acid groups (broad SMARTS) is 2. The quantitative estimate of drug-likeness (QED) is 0.160. The molecule has 0 radical (unpaired) electrons. The molecular weight excluding hydrogens is 400 g/mol. The van der Waals surface area contributed by atoms with Crippen LogP contribution in [0.3, 0.4) is 0 Å². The Hall–Kier alpha value is -1.06. The van der Waals surface area contributed by atoms with Gasteiger partial charge in [-0.25, -0.2) is 0 Å². The summed E-state index contributed by atoms with van der Waals surface area (Å²) in [4.78, 5) is 22.9. The Morgan fingerprint density at radius 3 is 1.50 bits per heavy atom. The van der Waals surface area contributed by atoms with E-state index in [1.54, 1.807) is 0 Å². The molecule has 4 nitrogen and oxygen atoms in total. The summed E-state index contributed by atoms with van der Waals surface area (Å²) >= 11 is 0. The molecule has 0 aromatic heterocycles. The number of unbranched alkanes of at least 4 members (excludes halogenated alkanes) is 8. The number of hydrogen-bond acceptors (Lipinski definition) is 2. The van der Waals surface area contributed by atoms with Crippen molar-refractivity contribution in [1.29, 1.82) is 0 Å². The van der Waals surface area contributed by atoms with Crippen molar-refractivity contribution in [1.82, 2.24) is 0 Å². The SMILES string of the molecule is CCC(CCCCCCCCCCCC(=O)O)CC(CCC(C)C)(CCC(C)C)C(=O)O. The third-order valence-corrected chi connectivity index (χ3v) is 7.11. The van der Waals surface area contributed by atoms with Gasteiger partial charge in [0.05, 0.1) is 5.41 Å². The van der Waals surface area contributed by atoms with Crippen molar-refractivity contribution in [3.63, 3.8) is 0 Å². The largest absolute Gasteiger partial charge is 0.481 e. The van der Waals surface area contributed by atoms with E-state index in [-0.39, 0.29) is 0 Å². The first-order valence-electron chi connectivity index (χ1n) is 13.6. The molecule has 0 aromatic rings. The van der Waals surface area contributed by atoms with Gasteiger partial charge >= 0.3 is 11.9 Å². The average molecular weight is 455 g/mol. The fourth-order valence-electron chi connectivity index (χ4n) is 4.71. The zero-order chi connectivity index (χ0) is 24.4. The molecule has 0 amide bonds. The maximum absolute atomic E-state index is 12.4. The number of rotatable bonds is 22. The van der Waals surface area contributed by atoms with E-state index in [0.717, 1.165) is 64.2 Å². The van der Waals surface area contributed by atoms with Crippen LogP contribution in [-0.4, -0.2) is 22.2 Å². The highest BCUT2D eigenvalue weighted by molar-refractivity contribution is 5.74. The topological polar surface area (TPSA) is 74.6 Å². The molecule has 0 aliphatic rings. The molecule has 0 aliphatic carbocycles. The third kappa shape index (κ3) is 15.7. The number of carbonyl (C=O) groups is 2.